The van der Waals surface area contributed by atoms with Gasteiger partial charge < -0.3 is 0 Å². The van der Waals surface area contributed by atoms with Crippen LogP contribution >= 0.6 is 22.7 Å². The van der Waals surface area contributed by atoms with Crippen molar-refractivity contribution in [1.82, 2.24) is 0 Å². The fourth-order valence-corrected chi connectivity index (χ4v) is 8.50. The molecule has 0 saturated heterocycles. The van der Waals surface area contributed by atoms with Crippen LogP contribution in [0.15, 0.2) is 115 Å². The van der Waals surface area contributed by atoms with E-state index in [1.165, 1.54) is 19.5 Å². The lowest BCUT2D eigenvalue weighted by atomic mass is 9.83. The Balaban J connectivity index is 1.52. The summed E-state index contributed by atoms with van der Waals surface area (Å²) in [4.78, 5) is 0. The maximum atomic E-state index is 10.8. The monoisotopic (exact) mass is 593 g/mol. The van der Waals surface area contributed by atoms with Crippen LogP contribution in [0.2, 0.25) is 0 Å². The molecule has 0 aliphatic carbocycles. The van der Waals surface area contributed by atoms with Crippen LogP contribution < -0.4 is 0 Å². The van der Waals surface area contributed by atoms with Gasteiger partial charge in [0, 0.05) is 57.0 Å². The van der Waals surface area contributed by atoms with E-state index < -0.39 is 0 Å². The van der Waals surface area contributed by atoms with E-state index in [9.17, 15) is 15.8 Å². The molecule has 0 N–H and O–H groups in total. The maximum Gasteiger partial charge on any atom is 0.100 e. The summed E-state index contributed by atoms with van der Waals surface area (Å²) in [6.45, 7) is 0. The molecule has 0 atom stereocenters. The van der Waals surface area contributed by atoms with Gasteiger partial charge in [-0.3, -0.25) is 0 Å². The van der Waals surface area contributed by atoms with Crippen molar-refractivity contribution >= 4 is 63.0 Å². The number of thiophene rings is 2. The maximum absolute atomic E-state index is 10.8. The van der Waals surface area contributed by atoms with E-state index in [1.807, 2.05) is 36.4 Å². The molecule has 0 aliphatic rings. The van der Waals surface area contributed by atoms with E-state index in [1.54, 1.807) is 40.9 Å². The van der Waals surface area contributed by atoms with Gasteiger partial charge in [0.25, 0.3) is 0 Å². The number of nitriles is 3. The van der Waals surface area contributed by atoms with Crippen molar-refractivity contribution in [3.63, 3.8) is 0 Å². The summed E-state index contributed by atoms with van der Waals surface area (Å²) in [6.07, 6.45) is 0. The summed E-state index contributed by atoms with van der Waals surface area (Å²) in [6, 6.07) is 45.6. The topological polar surface area (TPSA) is 71.4 Å². The third kappa shape index (κ3) is 3.91. The number of nitrogens with zero attached hydrogens (tertiary/aromatic N) is 3. The minimum atomic E-state index is 0.418. The first-order valence-corrected chi connectivity index (χ1v) is 15.7. The molecule has 44 heavy (non-hydrogen) atoms. The van der Waals surface area contributed by atoms with Crippen molar-refractivity contribution in [2.45, 2.75) is 0 Å². The number of hydrogen-bond acceptors (Lipinski definition) is 5. The second-order valence-corrected chi connectivity index (χ2v) is 12.8. The highest BCUT2D eigenvalue weighted by Gasteiger charge is 2.24. The first-order valence-electron chi connectivity index (χ1n) is 14.0. The summed E-state index contributed by atoms with van der Waals surface area (Å²) >= 11 is 3.48. The average Bonchev–Trinajstić information content (AvgIpc) is 3.65. The fraction of sp³-hybridized carbons (Fsp3) is 0. The molecule has 0 saturated carbocycles. The zero-order chi connectivity index (χ0) is 29.8. The third-order valence-electron chi connectivity index (χ3n) is 8.21. The molecular weight excluding hydrogens is 575 g/mol. The van der Waals surface area contributed by atoms with Crippen LogP contribution in [0.4, 0.5) is 0 Å². The Morgan fingerprint density at radius 3 is 1.89 bits per heavy atom. The highest BCUT2D eigenvalue weighted by atomic mass is 32.1. The summed E-state index contributed by atoms with van der Waals surface area (Å²) in [5.74, 6) is 0. The van der Waals surface area contributed by atoms with Gasteiger partial charge in [-0.05, 0) is 65.2 Å². The van der Waals surface area contributed by atoms with Crippen molar-refractivity contribution < 1.29 is 0 Å². The molecular formula is C39H19N3S2. The molecule has 0 aliphatic heterocycles. The average molecular weight is 594 g/mol. The normalized spacial score (nSPS) is 11.1. The summed E-state index contributed by atoms with van der Waals surface area (Å²) in [5.41, 5.74) is 5.91. The third-order valence-corrected chi connectivity index (χ3v) is 10.5. The molecule has 0 spiro atoms. The quantitative estimate of drug-likeness (QED) is 0.205. The molecule has 0 unspecified atom stereocenters. The van der Waals surface area contributed by atoms with E-state index in [-0.39, 0.29) is 0 Å². The van der Waals surface area contributed by atoms with Crippen molar-refractivity contribution in [1.29, 1.82) is 15.8 Å². The van der Waals surface area contributed by atoms with E-state index in [2.05, 4.69) is 78.9 Å². The predicted octanol–water partition coefficient (Wildman–Crippen LogP) is 11.0. The molecule has 2 aromatic heterocycles. The van der Waals surface area contributed by atoms with Crippen LogP contribution in [0.5, 0.6) is 0 Å². The van der Waals surface area contributed by atoms with Crippen LogP contribution in [0.3, 0.4) is 0 Å². The first kappa shape index (κ1) is 25.9. The molecule has 3 nitrogen and oxygen atoms in total. The number of hydrogen-bond donors (Lipinski definition) is 0. The van der Waals surface area contributed by atoms with E-state index in [0.717, 1.165) is 43.1 Å². The SMILES string of the molecule is N#Cc1cccc(-c2c(C#N)c(-c3ccc4sc5ccccc5c4c3)cc(-c3cccc4sc5ccccc5c34)c2C#N)c1. The Morgan fingerprint density at radius 1 is 0.432 bits per heavy atom. The molecule has 0 radical (unpaired) electrons. The highest BCUT2D eigenvalue weighted by molar-refractivity contribution is 7.26. The Bertz CT molecular complexity index is 2600. The summed E-state index contributed by atoms with van der Waals surface area (Å²) < 4.78 is 4.71. The predicted molar refractivity (Wildman–Crippen MR) is 183 cm³/mol. The number of benzene rings is 6. The molecule has 8 aromatic rings. The van der Waals surface area contributed by atoms with Crippen LogP contribution in [-0.4, -0.2) is 0 Å². The molecule has 0 bridgehead atoms. The molecule has 8 rings (SSSR count). The van der Waals surface area contributed by atoms with Crippen molar-refractivity contribution in [2.24, 2.45) is 0 Å². The lowest BCUT2D eigenvalue weighted by molar-refractivity contribution is 1.43. The van der Waals surface area contributed by atoms with Gasteiger partial charge in [0.1, 0.15) is 12.1 Å². The lowest BCUT2D eigenvalue weighted by Gasteiger charge is -2.18. The number of rotatable bonds is 3. The van der Waals surface area contributed by atoms with Gasteiger partial charge in [-0.15, -0.1) is 22.7 Å². The molecule has 5 heteroatoms. The van der Waals surface area contributed by atoms with Gasteiger partial charge in [-0.2, -0.15) is 15.8 Å². The minimum Gasteiger partial charge on any atom is -0.192 e. The van der Waals surface area contributed by atoms with E-state index in [4.69, 9.17) is 0 Å². The molecule has 2 heterocycles. The van der Waals surface area contributed by atoms with E-state index in [0.29, 0.717) is 27.8 Å². The first-order chi connectivity index (χ1) is 21.7. The molecule has 6 aromatic carbocycles. The highest BCUT2D eigenvalue weighted by Crippen LogP contribution is 2.46. The summed E-state index contributed by atoms with van der Waals surface area (Å²) in [5, 5.41) is 35.8. The molecule has 0 amide bonds. The Morgan fingerprint density at radius 2 is 1.09 bits per heavy atom. The van der Waals surface area contributed by atoms with Crippen LogP contribution in [0.1, 0.15) is 16.7 Å². The smallest absolute Gasteiger partial charge is 0.100 e. The largest absolute Gasteiger partial charge is 0.192 e. The lowest BCUT2D eigenvalue weighted by Crippen LogP contribution is -1.98. The zero-order valence-corrected chi connectivity index (χ0v) is 24.8. The second-order valence-electron chi connectivity index (χ2n) is 10.6. The standard InChI is InChI=1S/C39H19N3S2/c40-20-23-7-5-8-25(17-23)38-32(21-41)29(24-15-16-36-31(18-24)26-9-1-3-12-34(26)43-36)19-30(33(38)22-42)27-11-6-14-37-39(27)28-10-2-4-13-35(28)44-37/h1-19H. The Kier molecular flexibility index (Phi) is 6.00. The van der Waals surface area contributed by atoms with Crippen LogP contribution in [0.25, 0.3) is 73.7 Å². The fourth-order valence-electron chi connectivity index (χ4n) is 6.28. The van der Waals surface area contributed by atoms with Crippen LogP contribution in [0, 0.1) is 34.0 Å². The van der Waals surface area contributed by atoms with Gasteiger partial charge in [0.15, 0.2) is 0 Å². The van der Waals surface area contributed by atoms with Crippen molar-refractivity contribution in [3.05, 3.63) is 132 Å². The van der Waals surface area contributed by atoms with Gasteiger partial charge in [0.05, 0.1) is 22.8 Å². The molecule has 202 valence electrons. The van der Waals surface area contributed by atoms with Gasteiger partial charge in [0.2, 0.25) is 0 Å². The Hall–Kier alpha value is -5.77. The summed E-state index contributed by atoms with van der Waals surface area (Å²) in [7, 11) is 0. The minimum absolute atomic E-state index is 0.418. The van der Waals surface area contributed by atoms with Crippen molar-refractivity contribution in [2.75, 3.05) is 0 Å². The zero-order valence-electron chi connectivity index (χ0n) is 23.1. The van der Waals surface area contributed by atoms with E-state index >= 15 is 0 Å². The Labute approximate surface area is 261 Å². The van der Waals surface area contributed by atoms with Crippen molar-refractivity contribution in [3.8, 4) is 51.6 Å². The second kappa shape index (κ2) is 10.2. The van der Waals surface area contributed by atoms with Gasteiger partial charge in [-0.25, -0.2) is 0 Å². The van der Waals surface area contributed by atoms with Gasteiger partial charge >= 0.3 is 0 Å². The number of fused-ring (bicyclic) bond motifs is 6. The van der Waals surface area contributed by atoms with Gasteiger partial charge in [-0.1, -0.05) is 66.7 Å². The van der Waals surface area contributed by atoms with Crippen LogP contribution in [-0.2, 0) is 0 Å². The molecule has 0 fully saturated rings.